The molecular formula is C52H30S2. The van der Waals surface area contributed by atoms with Crippen LogP contribution in [0.4, 0.5) is 0 Å². The van der Waals surface area contributed by atoms with Crippen LogP contribution in [-0.2, 0) is 0 Å². The molecule has 12 rings (SSSR count). The van der Waals surface area contributed by atoms with Gasteiger partial charge in [0.25, 0.3) is 0 Å². The third kappa shape index (κ3) is 4.30. The first kappa shape index (κ1) is 30.2. The second kappa shape index (κ2) is 11.6. The van der Waals surface area contributed by atoms with Gasteiger partial charge in [-0.05, 0) is 95.3 Å². The molecule has 0 aliphatic heterocycles. The van der Waals surface area contributed by atoms with E-state index in [1.807, 2.05) is 22.7 Å². The lowest BCUT2D eigenvalue weighted by Crippen LogP contribution is -1.92. The van der Waals surface area contributed by atoms with Gasteiger partial charge < -0.3 is 0 Å². The van der Waals surface area contributed by atoms with Gasteiger partial charge in [-0.3, -0.25) is 0 Å². The van der Waals surface area contributed by atoms with E-state index in [4.69, 9.17) is 0 Å². The summed E-state index contributed by atoms with van der Waals surface area (Å²) in [6.45, 7) is 0. The molecule has 250 valence electrons. The van der Waals surface area contributed by atoms with Gasteiger partial charge >= 0.3 is 0 Å². The lowest BCUT2D eigenvalue weighted by atomic mass is 9.84. The molecule has 0 fully saturated rings. The Morgan fingerprint density at radius 1 is 0.278 bits per heavy atom. The third-order valence-electron chi connectivity index (χ3n) is 11.4. The van der Waals surface area contributed by atoms with Gasteiger partial charge in [-0.1, -0.05) is 158 Å². The van der Waals surface area contributed by atoms with E-state index < -0.39 is 0 Å². The van der Waals surface area contributed by atoms with E-state index in [0.717, 1.165) is 0 Å². The van der Waals surface area contributed by atoms with Crippen molar-refractivity contribution in [2.45, 2.75) is 0 Å². The molecule has 0 nitrogen and oxygen atoms in total. The Kier molecular flexibility index (Phi) is 6.48. The molecule has 0 aliphatic carbocycles. The zero-order valence-electron chi connectivity index (χ0n) is 29.1. The van der Waals surface area contributed by atoms with Gasteiger partial charge in [0, 0.05) is 45.7 Å². The Morgan fingerprint density at radius 3 is 1.61 bits per heavy atom. The molecule has 0 atom stereocenters. The van der Waals surface area contributed by atoms with Gasteiger partial charge in [0.2, 0.25) is 0 Å². The molecule has 0 bridgehead atoms. The molecule has 54 heavy (non-hydrogen) atoms. The fourth-order valence-corrected chi connectivity index (χ4v) is 11.7. The molecule has 10 aromatic carbocycles. The zero-order chi connectivity index (χ0) is 35.3. The van der Waals surface area contributed by atoms with Crippen molar-refractivity contribution in [1.29, 1.82) is 0 Å². The minimum absolute atomic E-state index is 1.23. The van der Waals surface area contributed by atoms with Gasteiger partial charge in [-0.15, -0.1) is 22.7 Å². The van der Waals surface area contributed by atoms with Crippen LogP contribution < -0.4 is 0 Å². The number of hydrogen-bond acceptors (Lipinski definition) is 2. The largest absolute Gasteiger partial charge is 0.134 e. The van der Waals surface area contributed by atoms with E-state index in [1.54, 1.807) is 0 Å². The second-order valence-corrected chi connectivity index (χ2v) is 16.4. The summed E-state index contributed by atoms with van der Waals surface area (Å²) in [7, 11) is 0. The first-order valence-electron chi connectivity index (χ1n) is 18.5. The van der Waals surface area contributed by atoms with Gasteiger partial charge in [-0.25, -0.2) is 0 Å². The Morgan fingerprint density at radius 2 is 0.833 bits per heavy atom. The summed E-state index contributed by atoms with van der Waals surface area (Å²) >= 11 is 3.86. The maximum absolute atomic E-state index is 2.49. The number of rotatable bonds is 3. The number of thiophene rings is 2. The Bertz CT molecular complexity index is 3440. The van der Waals surface area contributed by atoms with E-state index in [1.165, 1.54) is 117 Å². The molecule has 0 unspecified atom stereocenters. The highest BCUT2D eigenvalue weighted by Crippen LogP contribution is 2.49. The Balaban J connectivity index is 1.14. The normalized spacial score (nSPS) is 12.1. The summed E-state index contributed by atoms with van der Waals surface area (Å²) in [5.74, 6) is 0. The van der Waals surface area contributed by atoms with E-state index in [-0.39, 0.29) is 0 Å². The summed E-state index contributed by atoms with van der Waals surface area (Å²) in [5.41, 5.74) is 7.60. The van der Waals surface area contributed by atoms with Gasteiger partial charge in [-0.2, -0.15) is 0 Å². The van der Waals surface area contributed by atoms with E-state index in [0.29, 0.717) is 0 Å². The van der Waals surface area contributed by atoms with Crippen molar-refractivity contribution < 1.29 is 0 Å². The Hall–Kier alpha value is -6.32. The molecule has 2 heterocycles. The zero-order valence-corrected chi connectivity index (χ0v) is 30.8. The monoisotopic (exact) mass is 718 g/mol. The SMILES string of the molecule is c1cc(-c2c3ccccc3c(-c3cccc4ccccc34)c3ccccc23)cc(-c2cc3c(sc4ccc5c6ccccc6sc5c43)c3ccccc23)c1. The maximum Gasteiger partial charge on any atom is 0.0448 e. The molecule has 0 amide bonds. The van der Waals surface area contributed by atoms with Crippen molar-refractivity contribution in [3.63, 3.8) is 0 Å². The summed E-state index contributed by atoms with van der Waals surface area (Å²) in [6, 6.07) is 67.7. The Labute approximate surface area is 319 Å². The predicted molar refractivity (Wildman–Crippen MR) is 239 cm³/mol. The first-order valence-corrected chi connectivity index (χ1v) is 20.1. The molecule has 0 spiro atoms. The van der Waals surface area contributed by atoms with Crippen molar-refractivity contribution >= 4 is 106 Å². The molecule has 0 radical (unpaired) electrons. The minimum Gasteiger partial charge on any atom is -0.134 e. The average molecular weight is 719 g/mol. The van der Waals surface area contributed by atoms with Crippen LogP contribution in [0.3, 0.4) is 0 Å². The fourth-order valence-electron chi connectivity index (χ4n) is 9.12. The predicted octanol–water partition coefficient (Wildman–Crippen LogP) is 16.0. The minimum atomic E-state index is 1.23. The first-order chi connectivity index (χ1) is 26.8. The van der Waals surface area contributed by atoms with Gasteiger partial charge in [0.15, 0.2) is 0 Å². The maximum atomic E-state index is 2.49. The molecule has 0 N–H and O–H groups in total. The molecule has 12 aromatic rings. The summed E-state index contributed by atoms with van der Waals surface area (Å²) in [4.78, 5) is 0. The van der Waals surface area contributed by atoms with E-state index >= 15 is 0 Å². The van der Waals surface area contributed by atoms with E-state index in [9.17, 15) is 0 Å². The van der Waals surface area contributed by atoms with Gasteiger partial charge in [0.05, 0.1) is 0 Å². The van der Waals surface area contributed by atoms with Crippen molar-refractivity contribution in [2.24, 2.45) is 0 Å². The van der Waals surface area contributed by atoms with E-state index in [2.05, 4.69) is 182 Å². The summed E-state index contributed by atoms with van der Waals surface area (Å²) in [6.07, 6.45) is 0. The van der Waals surface area contributed by atoms with Crippen molar-refractivity contribution in [1.82, 2.24) is 0 Å². The van der Waals surface area contributed by atoms with Crippen LogP contribution in [0.5, 0.6) is 0 Å². The lowest BCUT2D eigenvalue weighted by Gasteiger charge is -2.19. The van der Waals surface area contributed by atoms with Crippen LogP contribution in [-0.4, -0.2) is 0 Å². The molecule has 0 saturated carbocycles. The highest BCUT2D eigenvalue weighted by Gasteiger charge is 2.20. The molecule has 2 aromatic heterocycles. The van der Waals surface area contributed by atoms with Crippen LogP contribution >= 0.6 is 22.7 Å². The highest BCUT2D eigenvalue weighted by molar-refractivity contribution is 7.30. The molecule has 0 saturated heterocycles. The molecular weight excluding hydrogens is 689 g/mol. The second-order valence-electron chi connectivity index (χ2n) is 14.3. The lowest BCUT2D eigenvalue weighted by molar-refractivity contribution is 1.64. The smallest absolute Gasteiger partial charge is 0.0448 e. The number of fused-ring (bicyclic) bond motifs is 12. The van der Waals surface area contributed by atoms with Crippen molar-refractivity contribution in [3.05, 3.63) is 182 Å². The number of hydrogen-bond donors (Lipinski definition) is 0. The highest BCUT2D eigenvalue weighted by atomic mass is 32.1. The standard InChI is InChI=1S/C52H30S2/c1-2-17-34-31(13-1)14-12-25-37(34)49-40-22-6-4-20-38(40)48(39-21-5-7-23-41(39)49)33-16-11-15-32(29-33)44-30-45-50-47(54-51(45)42-24-8-3-18-35(42)44)28-27-43-36-19-9-10-26-46(36)53-52(43)50/h1-30H. The molecule has 2 heteroatoms. The van der Waals surface area contributed by atoms with Crippen molar-refractivity contribution in [2.75, 3.05) is 0 Å². The number of benzene rings is 10. The van der Waals surface area contributed by atoms with Crippen LogP contribution in [0, 0.1) is 0 Å². The van der Waals surface area contributed by atoms with Crippen LogP contribution in [0.2, 0.25) is 0 Å². The average Bonchev–Trinajstić information content (AvgIpc) is 3.81. The van der Waals surface area contributed by atoms with Crippen molar-refractivity contribution in [3.8, 4) is 33.4 Å². The summed E-state index contributed by atoms with van der Waals surface area (Å²) in [5, 5.41) is 15.7. The van der Waals surface area contributed by atoms with Crippen LogP contribution in [0.15, 0.2) is 182 Å². The summed E-state index contributed by atoms with van der Waals surface area (Å²) < 4.78 is 5.45. The quantitative estimate of drug-likeness (QED) is 0.160. The van der Waals surface area contributed by atoms with Crippen LogP contribution in [0.25, 0.3) is 117 Å². The molecule has 0 aliphatic rings. The topological polar surface area (TPSA) is 0 Å². The van der Waals surface area contributed by atoms with Crippen LogP contribution in [0.1, 0.15) is 0 Å². The van der Waals surface area contributed by atoms with Gasteiger partial charge in [0.1, 0.15) is 0 Å². The fraction of sp³-hybridized carbons (Fsp3) is 0. The third-order valence-corrected chi connectivity index (χ3v) is 13.8.